The molecule has 0 spiro atoms. The summed E-state index contributed by atoms with van der Waals surface area (Å²) in [5.41, 5.74) is 2.26. The number of halogens is 1. The number of pyridine rings is 1. The first-order valence-corrected chi connectivity index (χ1v) is 9.81. The lowest BCUT2D eigenvalue weighted by atomic mass is 10.3. The van der Waals surface area contributed by atoms with Crippen molar-refractivity contribution in [3.05, 3.63) is 45.4 Å². The van der Waals surface area contributed by atoms with Gasteiger partial charge >= 0.3 is 0 Å². The molecule has 3 heterocycles. The average molecular weight is 391 g/mol. The minimum Gasteiger partial charge on any atom is -0.360 e. The Bertz CT molecular complexity index is 989. The molecule has 0 aliphatic carbocycles. The fourth-order valence-corrected chi connectivity index (χ4v) is 3.15. The first-order chi connectivity index (χ1) is 12.5. The van der Waals surface area contributed by atoms with Gasteiger partial charge in [0, 0.05) is 17.6 Å². The molecule has 1 N–H and O–H groups in total. The average Bonchev–Trinajstić information content (AvgIpc) is 2.63. The van der Waals surface area contributed by atoms with Crippen molar-refractivity contribution in [3.8, 4) is 0 Å². The molecule has 0 fully saturated rings. The zero-order valence-electron chi connectivity index (χ0n) is 14.8. The fraction of sp³-hybridized carbons (Fsp3) is 0.353. The molecule has 9 heteroatoms. The van der Waals surface area contributed by atoms with Crippen LogP contribution in [-0.4, -0.2) is 30.8 Å². The van der Waals surface area contributed by atoms with Gasteiger partial charge in [-0.15, -0.1) is 11.8 Å². The third-order valence-electron chi connectivity index (χ3n) is 3.86. The predicted molar refractivity (Wildman–Crippen MR) is 105 cm³/mol. The van der Waals surface area contributed by atoms with Crippen LogP contribution in [0, 0.1) is 6.92 Å². The molecule has 0 aliphatic rings. The summed E-state index contributed by atoms with van der Waals surface area (Å²) < 4.78 is 1.59. The first-order valence-electron chi connectivity index (χ1n) is 8.21. The summed E-state index contributed by atoms with van der Waals surface area (Å²) >= 11 is 7.60. The standard InChI is InChI=1S/C17H19ClN6OS/c1-4-7-24-15-13(10(2)21-17(18)23-15)22-14(16(24)25)20-8-11-5-6-12(26-3)9-19-11/h5-6,9H,4,7-8H2,1-3H3,(H,20,22). The molecule has 3 aromatic heterocycles. The molecule has 0 radical (unpaired) electrons. The molecule has 0 aliphatic heterocycles. The number of rotatable bonds is 6. The Morgan fingerprint density at radius 1 is 1.27 bits per heavy atom. The number of thioether (sulfide) groups is 1. The largest absolute Gasteiger partial charge is 0.360 e. The normalized spacial score (nSPS) is 11.1. The minimum absolute atomic E-state index is 0.111. The monoisotopic (exact) mass is 390 g/mol. The highest BCUT2D eigenvalue weighted by Crippen LogP contribution is 2.17. The lowest BCUT2D eigenvalue weighted by molar-refractivity contribution is 0.667. The van der Waals surface area contributed by atoms with Crippen molar-refractivity contribution in [1.29, 1.82) is 0 Å². The van der Waals surface area contributed by atoms with E-state index in [0.29, 0.717) is 29.9 Å². The van der Waals surface area contributed by atoms with Crippen LogP contribution in [0.1, 0.15) is 24.7 Å². The number of fused-ring (bicyclic) bond motifs is 1. The van der Waals surface area contributed by atoms with Gasteiger partial charge in [-0.1, -0.05) is 6.92 Å². The number of aromatic nitrogens is 5. The van der Waals surface area contributed by atoms with Crippen LogP contribution < -0.4 is 10.9 Å². The van der Waals surface area contributed by atoms with Gasteiger partial charge in [-0.25, -0.2) is 9.97 Å². The highest BCUT2D eigenvalue weighted by atomic mass is 35.5. The molecule has 3 rings (SSSR count). The number of hydrogen-bond acceptors (Lipinski definition) is 7. The van der Waals surface area contributed by atoms with E-state index in [-0.39, 0.29) is 16.7 Å². The summed E-state index contributed by atoms with van der Waals surface area (Å²) in [5.74, 6) is 0.260. The molecular weight excluding hydrogens is 372 g/mol. The van der Waals surface area contributed by atoms with Crippen LogP contribution >= 0.6 is 23.4 Å². The highest BCUT2D eigenvalue weighted by Gasteiger charge is 2.15. The van der Waals surface area contributed by atoms with Gasteiger partial charge in [0.25, 0.3) is 5.56 Å². The van der Waals surface area contributed by atoms with E-state index in [4.69, 9.17) is 11.6 Å². The van der Waals surface area contributed by atoms with Crippen LogP contribution in [-0.2, 0) is 13.1 Å². The van der Waals surface area contributed by atoms with Crippen LogP contribution in [0.25, 0.3) is 11.2 Å². The number of nitrogens with one attached hydrogen (secondary N) is 1. The molecule has 0 saturated carbocycles. The van der Waals surface area contributed by atoms with E-state index < -0.39 is 0 Å². The van der Waals surface area contributed by atoms with E-state index in [1.165, 1.54) is 0 Å². The summed E-state index contributed by atoms with van der Waals surface area (Å²) in [6, 6.07) is 3.93. The van der Waals surface area contributed by atoms with Gasteiger partial charge in [-0.05, 0) is 43.3 Å². The molecule has 0 saturated heterocycles. The molecule has 0 bridgehead atoms. The van der Waals surface area contributed by atoms with E-state index in [1.54, 1.807) is 23.3 Å². The zero-order valence-corrected chi connectivity index (χ0v) is 16.4. The summed E-state index contributed by atoms with van der Waals surface area (Å²) in [6.07, 6.45) is 4.60. The Labute approximate surface area is 160 Å². The van der Waals surface area contributed by atoms with Crippen molar-refractivity contribution < 1.29 is 0 Å². The van der Waals surface area contributed by atoms with Crippen molar-refractivity contribution in [2.24, 2.45) is 0 Å². The Kier molecular flexibility index (Phi) is 5.73. The number of aryl methyl sites for hydroxylation is 2. The topological polar surface area (TPSA) is 85.6 Å². The lowest BCUT2D eigenvalue weighted by Crippen LogP contribution is -2.26. The van der Waals surface area contributed by atoms with Gasteiger partial charge < -0.3 is 5.32 Å². The van der Waals surface area contributed by atoms with E-state index in [1.807, 2.05) is 31.5 Å². The van der Waals surface area contributed by atoms with Crippen molar-refractivity contribution in [2.45, 2.75) is 38.3 Å². The predicted octanol–water partition coefficient (Wildman–Crippen LogP) is 3.29. The fourth-order valence-electron chi connectivity index (χ4n) is 2.58. The van der Waals surface area contributed by atoms with E-state index in [0.717, 1.165) is 17.0 Å². The van der Waals surface area contributed by atoms with Gasteiger partial charge in [0.2, 0.25) is 5.28 Å². The van der Waals surface area contributed by atoms with Crippen LogP contribution in [0.5, 0.6) is 0 Å². The quantitative estimate of drug-likeness (QED) is 0.510. The van der Waals surface area contributed by atoms with Crippen molar-refractivity contribution in [1.82, 2.24) is 24.5 Å². The highest BCUT2D eigenvalue weighted by molar-refractivity contribution is 7.98. The molecule has 3 aromatic rings. The number of hydrogen-bond donors (Lipinski definition) is 1. The van der Waals surface area contributed by atoms with Crippen molar-refractivity contribution in [2.75, 3.05) is 11.6 Å². The smallest absolute Gasteiger partial charge is 0.294 e. The van der Waals surface area contributed by atoms with Crippen LogP contribution in [0.2, 0.25) is 5.28 Å². The van der Waals surface area contributed by atoms with E-state index >= 15 is 0 Å². The summed E-state index contributed by atoms with van der Waals surface area (Å²) in [7, 11) is 0. The molecule has 0 amide bonds. The summed E-state index contributed by atoms with van der Waals surface area (Å²) in [5, 5.41) is 3.21. The second kappa shape index (κ2) is 8.01. The molecule has 7 nitrogen and oxygen atoms in total. The third kappa shape index (κ3) is 3.81. The summed E-state index contributed by atoms with van der Waals surface area (Å²) in [4.78, 5) is 31.1. The maximum atomic E-state index is 12.8. The second-order valence-corrected chi connectivity index (χ2v) is 6.93. The lowest BCUT2D eigenvalue weighted by Gasteiger charge is -2.13. The Hall–Kier alpha value is -2.19. The zero-order chi connectivity index (χ0) is 18.7. The SMILES string of the molecule is CCCn1c(=O)c(NCc2ccc(SC)cn2)nc2c(C)nc(Cl)nc21. The van der Waals surface area contributed by atoms with Gasteiger partial charge in [-0.2, -0.15) is 4.98 Å². The number of nitrogens with zero attached hydrogens (tertiary/aromatic N) is 5. The molecule has 0 aromatic carbocycles. The van der Waals surface area contributed by atoms with Crippen LogP contribution in [0.4, 0.5) is 5.82 Å². The summed E-state index contributed by atoms with van der Waals surface area (Å²) in [6.45, 7) is 4.73. The van der Waals surface area contributed by atoms with Crippen molar-refractivity contribution >= 4 is 40.3 Å². The first kappa shape index (κ1) is 18.6. The Morgan fingerprint density at radius 2 is 2.08 bits per heavy atom. The van der Waals surface area contributed by atoms with Gasteiger partial charge in [0.05, 0.1) is 17.9 Å². The molecule has 0 unspecified atom stereocenters. The van der Waals surface area contributed by atoms with Gasteiger partial charge in [0.1, 0.15) is 5.52 Å². The number of anilines is 1. The molecule has 26 heavy (non-hydrogen) atoms. The Balaban J connectivity index is 1.99. The van der Waals surface area contributed by atoms with Crippen LogP contribution in [0.15, 0.2) is 28.0 Å². The maximum Gasteiger partial charge on any atom is 0.294 e. The van der Waals surface area contributed by atoms with Gasteiger partial charge in [0.15, 0.2) is 11.5 Å². The van der Waals surface area contributed by atoms with E-state index in [9.17, 15) is 4.79 Å². The second-order valence-electron chi connectivity index (χ2n) is 5.71. The van der Waals surface area contributed by atoms with E-state index in [2.05, 4.69) is 25.3 Å². The van der Waals surface area contributed by atoms with Gasteiger partial charge in [-0.3, -0.25) is 14.3 Å². The van der Waals surface area contributed by atoms with Crippen LogP contribution in [0.3, 0.4) is 0 Å². The third-order valence-corrected chi connectivity index (χ3v) is 4.74. The maximum absolute atomic E-state index is 12.8. The molecular formula is C17H19ClN6OS. The molecule has 136 valence electrons. The molecule has 0 atom stereocenters. The van der Waals surface area contributed by atoms with Crippen molar-refractivity contribution in [3.63, 3.8) is 0 Å². The minimum atomic E-state index is -0.228. The Morgan fingerprint density at radius 3 is 2.73 bits per heavy atom.